The van der Waals surface area contributed by atoms with Gasteiger partial charge in [-0.15, -0.1) is 0 Å². The Kier molecular flexibility index (Phi) is 6.81. The lowest BCUT2D eigenvalue weighted by Crippen LogP contribution is -2.29. The van der Waals surface area contributed by atoms with Gasteiger partial charge >= 0.3 is 0 Å². The largest absolute Gasteiger partial charge is 0.507 e. The number of aliphatic hydroxyl groups excluding tert-OH is 1. The van der Waals surface area contributed by atoms with E-state index in [-0.39, 0.29) is 17.9 Å². The Morgan fingerprint density at radius 1 is 0.892 bits per heavy atom. The van der Waals surface area contributed by atoms with Crippen molar-refractivity contribution in [3.05, 3.63) is 137 Å². The van der Waals surface area contributed by atoms with E-state index >= 15 is 0 Å². The number of Topliss-reactive ketones (excluding diaryl/α,β-unsaturated/α-hetero) is 1. The number of ether oxygens (including phenoxy) is 1. The zero-order valence-electron chi connectivity index (χ0n) is 20.4. The standard InChI is InChI=1S/C31H26N2O4/c1-21-7-5-6-10-25(21)20-37-26-13-11-24(12-14-26)29(34)27-28(23-8-3-2-4-9-23)33(31(36)30(27)35)19-22-15-17-32-18-16-22/h2-18,28,34H,19-20H2,1H3/b29-27+. The summed E-state index contributed by atoms with van der Waals surface area (Å²) in [5, 5.41) is 11.3. The molecule has 1 aliphatic rings. The number of carbonyl (C=O) groups excluding carboxylic acids is 2. The Bertz CT molecular complexity index is 1450. The molecule has 0 aliphatic carbocycles. The van der Waals surface area contributed by atoms with Gasteiger partial charge in [0.15, 0.2) is 0 Å². The minimum atomic E-state index is -0.716. The number of aryl methyl sites for hydroxylation is 1. The maximum atomic E-state index is 13.2. The summed E-state index contributed by atoms with van der Waals surface area (Å²) in [5.74, 6) is -0.932. The zero-order chi connectivity index (χ0) is 25.8. The SMILES string of the molecule is Cc1ccccc1COc1ccc(/C(O)=C2\C(=O)C(=O)N(Cc3ccncc3)C2c2ccccc2)cc1. The van der Waals surface area contributed by atoms with E-state index < -0.39 is 17.7 Å². The maximum absolute atomic E-state index is 13.2. The molecule has 0 spiro atoms. The van der Waals surface area contributed by atoms with Crippen molar-refractivity contribution in [2.24, 2.45) is 0 Å². The molecule has 1 saturated heterocycles. The van der Waals surface area contributed by atoms with E-state index in [4.69, 9.17) is 4.74 Å². The van der Waals surface area contributed by atoms with E-state index in [1.54, 1.807) is 48.8 Å². The van der Waals surface area contributed by atoms with Crippen LogP contribution in [0, 0.1) is 6.92 Å². The molecule has 37 heavy (non-hydrogen) atoms. The lowest BCUT2D eigenvalue weighted by molar-refractivity contribution is -0.140. The second-order valence-corrected chi connectivity index (χ2v) is 8.93. The summed E-state index contributed by atoms with van der Waals surface area (Å²) in [5.41, 5.74) is 4.33. The van der Waals surface area contributed by atoms with E-state index in [1.165, 1.54) is 4.90 Å². The monoisotopic (exact) mass is 490 g/mol. The first-order valence-electron chi connectivity index (χ1n) is 12.0. The van der Waals surface area contributed by atoms with Gasteiger partial charge in [-0.3, -0.25) is 14.6 Å². The molecule has 1 unspecified atom stereocenters. The smallest absolute Gasteiger partial charge is 0.295 e. The van der Waals surface area contributed by atoms with Crippen LogP contribution in [-0.2, 0) is 22.7 Å². The highest BCUT2D eigenvalue weighted by molar-refractivity contribution is 6.46. The fraction of sp³-hybridized carbons (Fsp3) is 0.129. The number of hydrogen-bond donors (Lipinski definition) is 1. The maximum Gasteiger partial charge on any atom is 0.295 e. The van der Waals surface area contributed by atoms with Gasteiger partial charge in [-0.25, -0.2) is 0 Å². The number of rotatable bonds is 7. The van der Waals surface area contributed by atoms with Crippen molar-refractivity contribution in [2.75, 3.05) is 0 Å². The highest BCUT2D eigenvalue weighted by atomic mass is 16.5. The molecular weight excluding hydrogens is 464 g/mol. The first kappa shape index (κ1) is 24.0. The molecule has 1 N–H and O–H groups in total. The van der Waals surface area contributed by atoms with Gasteiger partial charge in [0, 0.05) is 24.5 Å². The summed E-state index contributed by atoms with van der Waals surface area (Å²) in [4.78, 5) is 31.9. The summed E-state index contributed by atoms with van der Waals surface area (Å²) >= 11 is 0. The van der Waals surface area contributed by atoms with Crippen LogP contribution in [0.15, 0.2) is 109 Å². The predicted molar refractivity (Wildman–Crippen MR) is 140 cm³/mol. The molecule has 1 aromatic heterocycles. The Hall–Kier alpha value is -4.71. The van der Waals surface area contributed by atoms with Crippen molar-refractivity contribution in [3.63, 3.8) is 0 Å². The van der Waals surface area contributed by atoms with Crippen LogP contribution >= 0.6 is 0 Å². The molecule has 184 valence electrons. The number of amides is 1. The average Bonchev–Trinajstić information content (AvgIpc) is 3.18. The second kappa shape index (κ2) is 10.5. The number of nitrogens with zero attached hydrogens (tertiary/aromatic N) is 2. The molecule has 2 heterocycles. The number of ketones is 1. The topological polar surface area (TPSA) is 79.7 Å². The van der Waals surface area contributed by atoms with Crippen LogP contribution in [0.25, 0.3) is 5.76 Å². The molecule has 6 nitrogen and oxygen atoms in total. The molecule has 3 aromatic carbocycles. The van der Waals surface area contributed by atoms with Crippen LogP contribution in [0.4, 0.5) is 0 Å². The third-order valence-corrected chi connectivity index (χ3v) is 6.54. The summed E-state index contributed by atoms with van der Waals surface area (Å²) in [6, 6.07) is 27.1. The van der Waals surface area contributed by atoms with Gasteiger partial charge in [-0.1, -0.05) is 54.6 Å². The Balaban J connectivity index is 1.46. The number of carbonyl (C=O) groups is 2. The Morgan fingerprint density at radius 3 is 2.27 bits per heavy atom. The van der Waals surface area contributed by atoms with Crippen LogP contribution in [0.2, 0.25) is 0 Å². The lowest BCUT2D eigenvalue weighted by Gasteiger charge is -2.25. The van der Waals surface area contributed by atoms with Crippen molar-refractivity contribution in [1.29, 1.82) is 0 Å². The fourth-order valence-corrected chi connectivity index (χ4v) is 4.51. The van der Waals surface area contributed by atoms with E-state index in [0.717, 1.165) is 22.3 Å². The van der Waals surface area contributed by atoms with Crippen molar-refractivity contribution in [1.82, 2.24) is 9.88 Å². The summed E-state index contributed by atoms with van der Waals surface area (Å²) in [6.45, 7) is 2.67. The summed E-state index contributed by atoms with van der Waals surface area (Å²) in [6.07, 6.45) is 3.29. The van der Waals surface area contributed by atoms with Crippen molar-refractivity contribution < 1.29 is 19.4 Å². The van der Waals surface area contributed by atoms with Gasteiger partial charge in [0.25, 0.3) is 11.7 Å². The van der Waals surface area contributed by atoms with Gasteiger partial charge < -0.3 is 14.7 Å². The second-order valence-electron chi connectivity index (χ2n) is 8.93. The highest BCUT2D eigenvalue weighted by Crippen LogP contribution is 2.40. The summed E-state index contributed by atoms with van der Waals surface area (Å²) in [7, 11) is 0. The molecule has 6 heteroatoms. The van der Waals surface area contributed by atoms with E-state index in [1.807, 2.05) is 61.5 Å². The average molecular weight is 491 g/mol. The van der Waals surface area contributed by atoms with Gasteiger partial charge in [0.2, 0.25) is 0 Å². The van der Waals surface area contributed by atoms with Crippen molar-refractivity contribution in [2.45, 2.75) is 26.1 Å². The van der Waals surface area contributed by atoms with Gasteiger partial charge in [-0.2, -0.15) is 0 Å². The minimum Gasteiger partial charge on any atom is -0.507 e. The minimum absolute atomic E-state index is 0.0684. The van der Waals surface area contributed by atoms with Crippen LogP contribution in [0.3, 0.4) is 0 Å². The number of benzene rings is 3. The molecule has 5 rings (SSSR count). The number of pyridine rings is 1. The summed E-state index contributed by atoms with van der Waals surface area (Å²) < 4.78 is 5.91. The third kappa shape index (κ3) is 5.00. The van der Waals surface area contributed by atoms with Crippen LogP contribution in [0.5, 0.6) is 5.75 Å². The Morgan fingerprint density at radius 2 is 1.57 bits per heavy atom. The van der Waals surface area contributed by atoms with Crippen LogP contribution < -0.4 is 4.74 Å². The molecule has 4 aromatic rings. The van der Waals surface area contributed by atoms with Gasteiger partial charge in [0.05, 0.1) is 11.6 Å². The molecular formula is C31H26N2O4. The number of aliphatic hydroxyl groups is 1. The number of hydrogen-bond acceptors (Lipinski definition) is 5. The molecule has 1 amide bonds. The van der Waals surface area contributed by atoms with Crippen molar-refractivity contribution >= 4 is 17.4 Å². The van der Waals surface area contributed by atoms with E-state index in [9.17, 15) is 14.7 Å². The molecule has 1 fully saturated rings. The Labute approximate surface area is 215 Å². The normalized spacial score (nSPS) is 16.7. The lowest BCUT2D eigenvalue weighted by atomic mass is 9.95. The van der Waals surface area contributed by atoms with Crippen LogP contribution in [0.1, 0.15) is 33.9 Å². The quantitative estimate of drug-likeness (QED) is 0.208. The van der Waals surface area contributed by atoms with Crippen LogP contribution in [-0.4, -0.2) is 26.7 Å². The number of likely N-dealkylation sites (tertiary alicyclic amines) is 1. The highest BCUT2D eigenvalue weighted by Gasteiger charge is 2.46. The first-order valence-corrected chi connectivity index (χ1v) is 12.0. The van der Waals surface area contributed by atoms with Gasteiger partial charge in [0.1, 0.15) is 18.1 Å². The predicted octanol–water partition coefficient (Wildman–Crippen LogP) is 5.59. The fourth-order valence-electron chi connectivity index (χ4n) is 4.51. The zero-order valence-corrected chi connectivity index (χ0v) is 20.4. The first-order chi connectivity index (χ1) is 18.0. The van der Waals surface area contributed by atoms with Gasteiger partial charge in [-0.05, 0) is 65.6 Å². The molecule has 0 saturated carbocycles. The molecule has 1 aliphatic heterocycles. The van der Waals surface area contributed by atoms with E-state index in [2.05, 4.69) is 4.98 Å². The molecule has 1 atom stereocenters. The third-order valence-electron chi connectivity index (χ3n) is 6.54. The van der Waals surface area contributed by atoms with E-state index in [0.29, 0.717) is 17.9 Å². The number of aromatic nitrogens is 1. The van der Waals surface area contributed by atoms with Crippen molar-refractivity contribution in [3.8, 4) is 5.75 Å². The molecule has 0 radical (unpaired) electrons. The molecule has 0 bridgehead atoms.